The second kappa shape index (κ2) is 5.19. The molecule has 16 heavy (non-hydrogen) atoms. The number of halogens is 1. The maximum atomic E-state index is 6.22. The van der Waals surface area contributed by atoms with Crippen molar-refractivity contribution in [2.45, 2.75) is 38.5 Å². The standard InChI is InChI=1S/C12H17ClN2S/c1-9(2)11(13)5-3-4-10-8-15-6-7-16-12(15)14-10/h6-9,11H,3-5H2,1-2H3. The predicted molar refractivity (Wildman–Crippen MR) is 70.5 cm³/mol. The average Bonchev–Trinajstić information content (AvgIpc) is 2.77. The smallest absolute Gasteiger partial charge is 0.193 e. The molecule has 0 saturated carbocycles. The lowest BCUT2D eigenvalue weighted by Crippen LogP contribution is -2.07. The van der Waals surface area contributed by atoms with Crippen molar-refractivity contribution in [3.8, 4) is 0 Å². The van der Waals surface area contributed by atoms with Crippen molar-refractivity contribution in [3.05, 3.63) is 23.5 Å². The van der Waals surface area contributed by atoms with E-state index >= 15 is 0 Å². The molecule has 0 fully saturated rings. The molecular formula is C12H17ClN2S. The molecule has 0 amide bonds. The van der Waals surface area contributed by atoms with Crippen LogP contribution >= 0.6 is 22.9 Å². The van der Waals surface area contributed by atoms with E-state index in [-0.39, 0.29) is 0 Å². The Bertz CT molecular complexity index is 418. The first-order chi connectivity index (χ1) is 7.66. The highest BCUT2D eigenvalue weighted by Crippen LogP contribution is 2.18. The number of hydrogen-bond donors (Lipinski definition) is 0. The summed E-state index contributed by atoms with van der Waals surface area (Å²) in [6.07, 6.45) is 7.39. The van der Waals surface area contributed by atoms with Gasteiger partial charge in [-0.2, -0.15) is 0 Å². The van der Waals surface area contributed by atoms with Gasteiger partial charge in [0.25, 0.3) is 0 Å². The summed E-state index contributed by atoms with van der Waals surface area (Å²) >= 11 is 7.89. The SMILES string of the molecule is CC(C)C(Cl)CCCc1cn2ccsc2n1. The number of alkyl halides is 1. The molecular weight excluding hydrogens is 240 g/mol. The summed E-state index contributed by atoms with van der Waals surface area (Å²) in [5, 5.41) is 2.35. The van der Waals surface area contributed by atoms with Gasteiger partial charge in [-0.15, -0.1) is 22.9 Å². The lowest BCUT2D eigenvalue weighted by molar-refractivity contribution is 0.546. The third kappa shape index (κ3) is 2.77. The Hall–Kier alpha value is -0.540. The van der Waals surface area contributed by atoms with E-state index in [2.05, 4.69) is 41.0 Å². The second-order valence-corrected chi connectivity index (χ2v) is 5.91. The number of nitrogens with zero attached hydrogens (tertiary/aromatic N) is 2. The van der Waals surface area contributed by atoms with Gasteiger partial charge >= 0.3 is 0 Å². The van der Waals surface area contributed by atoms with Crippen LogP contribution in [-0.4, -0.2) is 14.8 Å². The highest BCUT2D eigenvalue weighted by Gasteiger charge is 2.09. The van der Waals surface area contributed by atoms with Gasteiger partial charge in [0.15, 0.2) is 4.96 Å². The molecule has 2 rings (SSSR count). The largest absolute Gasteiger partial charge is 0.297 e. The molecule has 0 radical (unpaired) electrons. The van der Waals surface area contributed by atoms with Crippen LogP contribution in [0.15, 0.2) is 17.8 Å². The van der Waals surface area contributed by atoms with Gasteiger partial charge < -0.3 is 0 Å². The normalized spacial score (nSPS) is 13.8. The van der Waals surface area contributed by atoms with Crippen LogP contribution in [0.3, 0.4) is 0 Å². The molecule has 2 nitrogen and oxygen atoms in total. The van der Waals surface area contributed by atoms with Gasteiger partial charge in [0.2, 0.25) is 0 Å². The molecule has 0 saturated heterocycles. The molecule has 0 aliphatic heterocycles. The Labute approximate surface area is 105 Å². The van der Waals surface area contributed by atoms with E-state index in [4.69, 9.17) is 11.6 Å². The highest BCUT2D eigenvalue weighted by molar-refractivity contribution is 7.15. The zero-order chi connectivity index (χ0) is 11.5. The molecule has 2 aromatic heterocycles. The van der Waals surface area contributed by atoms with Crippen molar-refractivity contribution in [1.82, 2.24) is 9.38 Å². The van der Waals surface area contributed by atoms with Gasteiger partial charge in [-0.25, -0.2) is 4.98 Å². The minimum Gasteiger partial charge on any atom is -0.297 e. The zero-order valence-corrected chi connectivity index (χ0v) is 11.3. The van der Waals surface area contributed by atoms with Crippen molar-refractivity contribution in [2.75, 3.05) is 0 Å². The third-order valence-corrected chi connectivity index (χ3v) is 4.27. The maximum Gasteiger partial charge on any atom is 0.193 e. The average molecular weight is 257 g/mol. The van der Waals surface area contributed by atoms with Crippen LogP contribution in [0.2, 0.25) is 0 Å². The van der Waals surface area contributed by atoms with Crippen LogP contribution < -0.4 is 0 Å². The molecule has 0 aliphatic rings. The van der Waals surface area contributed by atoms with Crippen LogP contribution in [0.25, 0.3) is 4.96 Å². The Morgan fingerprint density at radius 2 is 2.31 bits per heavy atom. The minimum absolute atomic E-state index is 0.295. The Morgan fingerprint density at radius 1 is 1.50 bits per heavy atom. The third-order valence-electron chi connectivity index (χ3n) is 2.78. The van der Waals surface area contributed by atoms with E-state index in [0.29, 0.717) is 11.3 Å². The van der Waals surface area contributed by atoms with Crippen molar-refractivity contribution >= 4 is 27.9 Å². The van der Waals surface area contributed by atoms with E-state index in [1.165, 1.54) is 5.69 Å². The van der Waals surface area contributed by atoms with Crippen LogP contribution in [-0.2, 0) is 6.42 Å². The minimum atomic E-state index is 0.295. The number of hydrogen-bond acceptors (Lipinski definition) is 2. The van der Waals surface area contributed by atoms with E-state index in [1.807, 2.05) is 0 Å². The highest BCUT2D eigenvalue weighted by atomic mass is 35.5. The summed E-state index contributed by atoms with van der Waals surface area (Å²) in [4.78, 5) is 5.64. The van der Waals surface area contributed by atoms with Gasteiger partial charge in [0, 0.05) is 23.2 Å². The summed E-state index contributed by atoms with van der Waals surface area (Å²) in [5.74, 6) is 0.562. The summed E-state index contributed by atoms with van der Waals surface area (Å²) in [6.45, 7) is 4.34. The first kappa shape index (κ1) is 11.9. The van der Waals surface area contributed by atoms with Gasteiger partial charge in [-0.05, 0) is 25.2 Å². The van der Waals surface area contributed by atoms with E-state index in [9.17, 15) is 0 Å². The molecule has 88 valence electrons. The monoisotopic (exact) mass is 256 g/mol. The molecule has 0 aliphatic carbocycles. The lowest BCUT2D eigenvalue weighted by atomic mass is 10.0. The number of aromatic nitrogens is 2. The van der Waals surface area contributed by atoms with E-state index in [0.717, 1.165) is 24.2 Å². The van der Waals surface area contributed by atoms with Crippen LogP contribution in [0.4, 0.5) is 0 Å². The number of thiazole rings is 1. The second-order valence-electron chi connectivity index (χ2n) is 4.48. The summed E-state index contributed by atoms with van der Waals surface area (Å²) < 4.78 is 2.08. The Morgan fingerprint density at radius 3 is 3.00 bits per heavy atom. The van der Waals surface area contributed by atoms with Gasteiger partial charge in [-0.1, -0.05) is 13.8 Å². The predicted octanol–water partition coefficient (Wildman–Crippen LogP) is 3.98. The fourth-order valence-electron chi connectivity index (χ4n) is 1.71. The first-order valence-electron chi connectivity index (χ1n) is 5.72. The zero-order valence-electron chi connectivity index (χ0n) is 9.69. The quantitative estimate of drug-likeness (QED) is 0.740. The fraction of sp³-hybridized carbons (Fsp3) is 0.583. The summed E-state index contributed by atoms with van der Waals surface area (Å²) in [6, 6.07) is 0. The van der Waals surface area contributed by atoms with Crippen molar-refractivity contribution in [3.63, 3.8) is 0 Å². The molecule has 0 aromatic carbocycles. The van der Waals surface area contributed by atoms with Crippen LogP contribution in [0.5, 0.6) is 0 Å². The number of fused-ring (bicyclic) bond motifs is 1. The first-order valence-corrected chi connectivity index (χ1v) is 7.03. The van der Waals surface area contributed by atoms with Crippen molar-refractivity contribution < 1.29 is 0 Å². The van der Waals surface area contributed by atoms with Gasteiger partial charge in [0.1, 0.15) is 0 Å². The van der Waals surface area contributed by atoms with Gasteiger partial charge in [-0.3, -0.25) is 4.40 Å². The molecule has 2 heterocycles. The Balaban J connectivity index is 1.84. The van der Waals surface area contributed by atoms with Crippen LogP contribution in [0, 0.1) is 5.92 Å². The molecule has 0 spiro atoms. The number of rotatable bonds is 5. The topological polar surface area (TPSA) is 17.3 Å². The molecule has 0 N–H and O–H groups in total. The van der Waals surface area contributed by atoms with Crippen molar-refractivity contribution in [1.29, 1.82) is 0 Å². The molecule has 1 unspecified atom stereocenters. The van der Waals surface area contributed by atoms with Crippen molar-refractivity contribution in [2.24, 2.45) is 5.92 Å². The van der Waals surface area contributed by atoms with Gasteiger partial charge in [0.05, 0.1) is 5.69 Å². The molecule has 2 aromatic rings. The van der Waals surface area contributed by atoms with E-state index in [1.54, 1.807) is 11.3 Å². The summed E-state index contributed by atoms with van der Waals surface area (Å²) in [7, 11) is 0. The molecule has 4 heteroatoms. The number of aryl methyl sites for hydroxylation is 1. The lowest BCUT2D eigenvalue weighted by Gasteiger charge is -2.11. The molecule has 0 bridgehead atoms. The Kier molecular flexibility index (Phi) is 3.87. The fourth-order valence-corrected chi connectivity index (χ4v) is 2.58. The maximum absolute atomic E-state index is 6.22. The van der Waals surface area contributed by atoms with E-state index < -0.39 is 0 Å². The number of imidazole rings is 1. The molecule has 1 atom stereocenters. The van der Waals surface area contributed by atoms with Crippen LogP contribution in [0.1, 0.15) is 32.4 Å². The summed E-state index contributed by atoms with van der Waals surface area (Å²) in [5.41, 5.74) is 1.18.